The molecule has 3 heterocycles. The molecule has 1 aliphatic carbocycles. The van der Waals surface area contributed by atoms with Crippen molar-refractivity contribution in [2.24, 2.45) is 5.92 Å². The lowest BCUT2D eigenvalue weighted by molar-refractivity contribution is -0.126. The predicted octanol–water partition coefficient (Wildman–Crippen LogP) is 3.69. The molecule has 33 heavy (non-hydrogen) atoms. The van der Waals surface area contributed by atoms with Crippen LogP contribution in [0.15, 0.2) is 30.5 Å². The molecule has 1 aromatic rings. The summed E-state index contributed by atoms with van der Waals surface area (Å²) < 4.78 is 5.65. The maximum Gasteiger partial charge on any atom is 0.255 e. The molecule has 178 valence electrons. The number of carbonyl (C=O) groups is 2. The summed E-state index contributed by atoms with van der Waals surface area (Å²) in [5.74, 6) is 0.508. The molecule has 2 saturated heterocycles. The van der Waals surface area contributed by atoms with Crippen LogP contribution in [0.1, 0.15) is 79.3 Å². The SMILES string of the molecule is C=C1CCC(N2Cc3cc(C[C@H]4CCCC[C@@H]4NC4CCCOCC4)ccc3C2=O)C(=O)N1. The molecule has 1 aromatic carbocycles. The largest absolute Gasteiger partial charge is 0.381 e. The lowest BCUT2D eigenvalue weighted by atomic mass is 9.80. The Morgan fingerprint density at radius 3 is 2.82 bits per heavy atom. The average Bonchev–Trinajstić information content (AvgIpc) is 2.96. The number of hydrogen-bond donors (Lipinski definition) is 2. The number of amides is 2. The Kier molecular flexibility index (Phi) is 6.84. The highest BCUT2D eigenvalue weighted by molar-refractivity contribution is 6.01. The van der Waals surface area contributed by atoms with Gasteiger partial charge >= 0.3 is 0 Å². The molecule has 2 N–H and O–H groups in total. The maximum absolute atomic E-state index is 13.0. The van der Waals surface area contributed by atoms with E-state index in [4.69, 9.17) is 4.74 Å². The molecule has 5 rings (SSSR count). The monoisotopic (exact) mass is 451 g/mol. The first kappa shape index (κ1) is 22.6. The summed E-state index contributed by atoms with van der Waals surface area (Å²) in [6.45, 7) is 6.15. The fraction of sp³-hybridized carbons (Fsp3) is 0.630. The van der Waals surface area contributed by atoms with E-state index in [0.717, 1.165) is 55.7 Å². The second-order valence-corrected chi connectivity index (χ2v) is 10.3. The predicted molar refractivity (Wildman–Crippen MR) is 128 cm³/mol. The highest BCUT2D eigenvalue weighted by Gasteiger charge is 2.38. The quantitative estimate of drug-likeness (QED) is 0.716. The summed E-state index contributed by atoms with van der Waals surface area (Å²) in [6, 6.07) is 7.08. The maximum atomic E-state index is 13.0. The minimum Gasteiger partial charge on any atom is -0.381 e. The molecule has 4 aliphatic rings. The minimum absolute atomic E-state index is 0.0167. The zero-order valence-electron chi connectivity index (χ0n) is 19.6. The average molecular weight is 452 g/mol. The molecule has 3 aliphatic heterocycles. The van der Waals surface area contributed by atoms with Crippen molar-refractivity contribution in [3.63, 3.8) is 0 Å². The van der Waals surface area contributed by atoms with Gasteiger partial charge < -0.3 is 20.3 Å². The standard InChI is InChI=1S/C27H37N3O3/c1-18-8-11-25(26(31)28-18)30-17-21-16-19(9-10-23(21)27(30)32)15-20-5-2-3-7-24(20)29-22-6-4-13-33-14-12-22/h9-10,16,20,22,24-25,29H,1-8,11-15,17H2,(H,28,31)/t20-,22?,24+,25?/m1/s1. The Hall–Kier alpha value is -2.18. The Morgan fingerprint density at radius 1 is 1.06 bits per heavy atom. The third-order valence-electron chi connectivity index (χ3n) is 8.01. The molecule has 6 nitrogen and oxygen atoms in total. The third-order valence-corrected chi connectivity index (χ3v) is 8.01. The van der Waals surface area contributed by atoms with Crippen molar-refractivity contribution >= 4 is 11.8 Å². The van der Waals surface area contributed by atoms with Gasteiger partial charge in [-0.3, -0.25) is 9.59 Å². The van der Waals surface area contributed by atoms with E-state index in [-0.39, 0.29) is 11.8 Å². The second kappa shape index (κ2) is 9.98. The number of nitrogens with one attached hydrogen (secondary N) is 2. The van der Waals surface area contributed by atoms with Crippen molar-refractivity contribution in [1.29, 1.82) is 0 Å². The molecule has 6 heteroatoms. The zero-order valence-corrected chi connectivity index (χ0v) is 19.6. The van der Waals surface area contributed by atoms with Gasteiger partial charge in [-0.25, -0.2) is 0 Å². The van der Waals surface area contributed by atoms with Crippen LogP contribution in [0.25, 0.3) is 0 Å². The van der Waals surface area contributed by atoms with E-state index in [9.17, 15) is 9.59 Å². The first-order valence-electron chi connectivity index (χ1n) is 12.8. The zero-order chi connectivity index (χ0) is 22.8. The van der Waals surface area contributed by atoms with Crippen molar-refractivity contribution in [2.75, 3.05) is 13.2 Å². The highest BCUT2D eigenvalue weighted by atomic mass is 16.5. The second-order valence-electron chi connectivity index (χ2n) is 10.3. The van der Waals surface area contributed by atoms with E-state index < -0.39 is 6.04 Å². The fourth-order valence-electron chi connectivity index (χ4n) is 6.18. The van der Waals surface area contributed by atoms with Gasteiger partial charge in [-0.1, -0.05) is 31.6 Å². The van der Waals surface area contributed by atoms with Crippen molar-refractivity contribution < 1.29 is 14.3 Å². The van der Waals surface area contributed by atoms with Crippen molar-refractivity contribution in [2.45, 2.75) is 88.9 Å². The van der Waals surface area contributed by atoms with Crippen LogP contribution in [0.4, 0.5) is 0 Å². The van der Waals surface area contributed by atoms with Crippen LogP contribution in [0.3, 0.4) is 0 Å². The summed E-state index contributed by atoms with van der Waals surface area (Å²) in [4.78, 5) is 27.2. The van der Waals surface area contributed by atoms with Gasteiger partial charge in [-0.2, -0.15) is 0 Å². The van der Waals surface area contributed by atoms with E-state index in [1.54, 1.807) is 4.90 Å². The number of hydrogen-bond acceptors (Lipinski definition) is 4. The van der Waals surface area contributed by atoms with Crippen molar-refractivity contribution in [3.05, 3.63) is 47.2 Å². The summed E-state index contributed by atoms with van der Waals surface area (Å²) in [5.41, 5.74) is 3.88. The van der Waals surface area contributed by atoms with Crippen molar-refractivity contribution in [1.82, 2.24) is 15.5 Å². The molecule has 4 atom stereocenters. The molecule has 2 unspecified atom stereocenters. The lowest BCUT2D eigenvalue weighted by Crippen LogP contribution is -2.49. The van der Waals surface area contributed by atoms with Gasteiger partial charge in [-0.05, 0) is 74.5 Å². The third kappa shape index (κ3) is 5.02. The molecule has 3 fully saturated rings. The smallest absolute Gasteiger partial charge is 0.255 e. The number of benzene rings is 1. The molecule has 0 radical (unpaired) electrons. The molecule has 0 bridgehead atoms. The molecule has 2 amide bonds. The normalized spacial score (nSPS) is 30.7. The number of nitrogens with zero attached hydrogens (tertiary/aromatic N) is 1. The number of allylic oxidation sites excluding steroid dienone is 1. The summed E-state index contributed by atoms with van der Waals surface area (Å²) in [7, 11) is 0. The van der Waals surface area contributed by atoms with Crippen LogP contribution in [0, 0.1) is 5.92 Å². The van der Waals surface area contributed by atoms with Gasteiger partial charge in [0.15, 0.2) is 0 Å². The van der Waals surface area contributed by atoms with E-state index in [0.29, 0.717) is 31.0 Å². The van der Waals surface area contributed by atoms with E-state index in [1.165, 1.54) is 37.7 Å². The highest BCUT2D eigenvalue weighted by Crippen LogP contribution is 2.32. The van der Waals surface area contributed by atoms with E-state index >= 15 is 0 Å². The molecular weight excluding hydrogens is 414 g/mol. The Morgan fingerprint density at radius 2 is 1.94 bits per heavy atom. The summed E-state index contributed by atoms with van der Waals surface area (Å²) in [6.07, 6.45) is 11.0. The minimum atomic E-state index is -0.394. The van der Waals surface area contributed by atoms with Crippen LogP contribution in [0.5, 0.6) is 0 Å². The summed E-state index contributed by atoms with van der Waals surface area (Å²) >= 11 is 0. The fourth-order valence-corrected chi connectivity index (χ4v) is 6.18. The van der Waals surface area contributed by atoms with E-state index in [2.05, 4.69) is 29.3 Å². The number of ether oxygens (including phenoxy) is 1. The first-order valence-corrected chi connectivity index (χ1v) is 12.8. The Balaban J connectivity index is 1.25. The molecule has 0 spiro atoms. The van der Waals surface area contributed by atoms with Gasteiger partial charge in [0.2, 0.25) is 5.91 Å². The molecule has 0 aromatic heterocycles. The van der Waals surface area contributed by atoms with E-state index in [1.807, 2.05) is 6.07 Å². The van der Waals surface area contributed by atoms with Gasteiger partial charge in [-0.15, -0.1) is 0 Å². The molecular formula is C27H37N3O3. The van der Waals surface area contributed by atoms with Gasteiger partial charge in [0, 0.05) is 43.1 Å². The Labute approximate surface area is 197 Å². The van der Waals surface area contributed by atoms with Gasteiger partial charge in [0.1, 0.15) is 6.04 Å². The van der Waals surface area contributed by atoms with Crippen molar-refractivity contribution in [3.8, 4) is 0 Å². The number of fused-ring (bicyclic) bond motifs is 1. The number of piperidine rings is 1. The number of rotatable bonds is 5. The van der Waals surface area contributed by atoms with Crippen LogP contribution >= 0.6 is 0 Å². The Bertz CT molecular complexity index is 906. The number of carbonyl (C=O) groups excluding carboxylic acids is 2. The van der Waals surface area contributed by atoms with Crippen LogP contribution in [0.2, 0.25) is 0 Å². The van der Waals surface area contributed by atoms with Gasteiger partial charge in [0.05, 0.1) is 0 Å². The van der Waals surface area contributed by atoms with Crippen LogP contribution < -0.4 is 10.6 Å². The molecule has 1 saturated carbocycles. The van der Waals surface area contributed by atoms with Crippen LogP contribution in [-0.2, 0) is 22.5 Å². The summed E-state index contributed by atoms with van der Waals surface area (Å²) in [5, 5.41) is 6.81. The van der Waals surface area contributed by atoms with Gasteiger partial charge in [0.25, 0.3) is 5.91 Å². The topological polar surface area (TPSA) is 70.7 Å². The van der Waals surface area contributed by atoms with Crippen LogP contribution in [-0.4, -0.2) is 48.1 Å². The first-order chi connectivity index (χ1) is 16.1. The lowest BCUT2D eigenvalue weighted by Gasteiger charge is -2.35.